The molecule has 0 saturated carbocycles. The summed E-state index contributed by atoms with van der Waals surface area (Å²) in [5, 5.41) is 2.83. The Morgan fingerprint density at radius 2 is 2.04 bits per heavy atom. The molecule has 0 fully saturated rings. The number of ether oxygens (including phenoxy) is 3. The molecule has 0 atom stereocenters. The van der Waals surface area contributed by atoms with Crippen LogP contribution in [0.1, 0.15) is 25.0 Å². The first-order valence-electron chi connectivity index (χ1n) is 8.32. The topological polar surface area (TPSA) is 69.7 Å². The summed E-state index contributed by atoms with van der Waals surface area (Å²) in [5.41, 5.74) is 1.58. The number of carbonyl (C=O) groups is 1. The summed E-state index contributed by atoms with van der Waals surface area (Å²) in [6.45, 7) is 4.19. The third-order valence-electron chi connectivity index (χ3n) is 3.50. The number of aromatic nitrogens is 1. The van der Waals surface area contributed by atoms with Gasteiger partial charge in [0.25, 0.3) is 0 Å². The second-order valence-corrected chi connectivity index (χ2v) is 5.79. The maximum atomic E-state index is 12.1. The van der Waals surface area contributed by atoms with Gasteiger partial charge in [0.05, 0.1) is 20.3 Å². The third-order valence-corrected chi connectivity index (χ3v) is 3.50. The molecule has 6 heteroatoms. The molecule has 0 unspecified atom stereocenters. The van der Waals surface area contributed by atoms with Crippen LogP contribution < -0.4 is 19.5 Å². The van der Waals surface area contributed by atoms with Gasteiger partial charge in [0.2, 0.25) is 11.8 Å². The number of hydrogen-bond donors (Lipinski definition) is 1. The Bertz CT molecular complexity index is 772. The van der Waals surface area contributed by atoms with Crippen LogP contribution in [0.25, 0.3) is 6.08 Å². The molecule has 0 spiro atoms. The number of nitrogens with zero attached hydrogens (tertiary/aromatic N) is 1. The zero-order chi connectivity index (χ0) is 18.9. The molecule has 0 bridgehead atoms. The summed E-state index contributed by atoms with van der Waals surface area (Å²) in [4.78, 5) is 16.4. The summed E-state index contributed by atoms with van der Waals surface area (Å²) < 4.78 is 16.1. The predicted octanol–water partition coefficient (Wildman–Crippen LogP) is 3.22. The Hall–Kier alpha value is -3.02. The van der Waals surface area contributed by atoms with E-state index in [1.807, 2.05) is 26.0 Å². The summed E-state index contributed by atoms with van der Waals surface area (Å²) in [6.07, 6.45) is 4.82. The third kappa shape index (κ3) is 5.51. The van der Waals surface area contributed by atoms with Crippen LogP contribution in [0.15, 0.2) is 42.6 Å². The monoisotopic (exact) mass is 356 g/mol. The van der Waals surface area contributed by atoms with Crippen molar-refractivity contribution in [2.75, 3.05) is 14.2 Å². The minimum absolute atomic E-state index is 0.0137. The van der Waals surface area contributed by atoms with Gasteiger partial charge in [-0.3, -0.25) is 4.79 Å². The van der Waals surface area contributed by atoms with Crippen molar-refractivity contribution in [3.8, 4) is 17.4 Å². The lowest BCUT2D eigenvalue weighted by molar-refractivity contribution is -0.116. The highest BCUT2D eigenvalue weighted by molar-refractivity contribution is 5.92. The minimum Gasteiger partial charge on any atom is -0.497 e. The lowest BCUT2D eigenvalue weighted by Crippen LogP contribution is -2.21. The van der Waals surface area contributed by atoms with Gasteiger partial charge < -0.3 is 19.5 Å². The first-order valence-corrected chi connectivity index (χ1v) is 8.32. The van der Waals surface area contributed by atoms with Gasteiger partial charge in [0.15, 0.2) is 0 Å². The fourth-order valence-electron chi connectivity index (χ4n) is 2.26. The van der Waals surface area contributed by atoms with Crippen LogP contribution in [0.4, 0.5) is 0 Å². The fraction of sp³-hybridized carbons (Fsp3) is 0.300. The van der Waals surface area contributed by atoms with E-state index in [1.165, 1.54) is 6.08 Å². The molecule has 0 saturated heterocycles. The molecule has 0 aliphatic carbocycles. The molecule has 0 aliphatic rings. The van der Waals surface area contributed by atoms with Crippen molar-refractivity contribution < 1.29 is 19.0 Å². The average molecular weight is 356 g/mol. The number of amides is 1. The maximum Gasteiger partial charge on any atom is 0.244 e. The molecule has 0 aliphatic heterocycles. The van der Waals surface area contributed by atoms with E-state index in [9.17, 15) is 4.79 Å². The quantitative estimate of drug-likeness (QED) is 0.736. The molecule has 138 valence electrons. The lowest BCUT2D eigenvalue weighted by Gasteiger charge is -2.12. The van der Waals surface area contributed by atoms with Gasteiger partial charge in [-0.25, -0.2) is 4.98 Å². The Labute approximate surface area is 153 Å². The van der Waals surface area contributed by atoms with Gasteiger partial charge >= 0.3 is 0 Å². The molecular formula is C20H24N2O4. The van der Waals surface area contributed by atoms with Crippen molar-refractivity contribution in [1.29, 1.82) is 0 Å². The number of benzene rings is 1. The Kier molecular flexibility index (Phi) is 7.02. The molecule has 1 amide bonds. The van der Waals surface area contributed by atoms with Crippen LogP contribution >= 0.6 is 0 Å². The van der Waals surface area contributed by atoms with E-state index in [1.54, 1.807) is 44.7 Å². The van der Waals surface area contributed by atoms with Crippen molar-refractivity contribution in [1.82, 2.24) is 10.3 Å². The van der Waals surface area contributed by atoms with Crippen LogP contribution in [-0.4, -0.2) is 31.2 Å². The number of pyridine rings is 1. The zero-order valence-electron chi connectivity index (χ0n) is 15.5. The Morgan fingerprint density at radius 3 is 2.73 bits per heavy atom. The summed E-state index contributed by atoms with van der Waals surface area (Å²) in [5.74, 6) is 1.65. The molecular weight excluding hydrogens is 332 g/mol. The van der Waals surface area contributed by atoms with Crippen molar-refractivity contribution in [3.05, 3.63) is 53.7 Å². The molecule has 26 heavy (non-hydrogen) atoms. The van der Waals surface area contributed by atoms with Gasteiger partial charge in [0, 0.05) is 29.9 Å². The van der Waals surface area contributed by atoms with Crippen molar-refractivity contribution in [3.63, 3.8) is 0 Å². The van der Waals surface area contributed by atoms with E-state index in [2.05, 4.69) is 10.3 Å². The molecule has 1 heterocycles. The largest absolute Gasteiger partial charge is 0.497 e. The predicted molar refractivity (Wildman–Crippen MR) is 100 cm³/mol. The SMILES string of the molecule is COc1ccc(OC)c(C=CC(=O)NCc2cccnc2OC(C)C)c1. The smallest absolute Gasteiger partial charge is 0.244 e. The normalized spacial score (nSPS) is 10.8. The highest BCUT2D eigenvalue weighted by atomic mass is 16.5. The highest BCUT2D eigenvalue weighted by Crippen LogP contribution is 2.25. The van der Waals surface area contributed by atoms with E-state index in [4.69, 9.17) is 14.2 Å². The second kappa shape index (κ2) is 9.46. The highest BCUT2D eigenvalue weighted by Gasteiger charge is 2.08. The van der Waals surface area contributed by atoms with E-state index >= 15 is 0 Å². The Balaban J connectivity index is 2.03. The van der Waals surface area contributed by atoms with Gasteiger partial charge in [-0.2, -0.15) is 0 Å². The van der Waals surface area contributed by atoms with Crippen LogP contribution in [-0.2, 0) is 11.3 Å². The molecule has 2 rings (SSSR count). The van der Waals surface area contributed by atoms with Crippen molar-refractivity contribution >= 4 is 12.0 Å². The zero-order valence-corrected chi connectivity index (χ0v) is 15.5. The summed E-state index contributed by atoms with van der Waals surface area (Å²) >= 11 is 0. The average Bonchev–Trinajstić information content (AvgIpc) is 2.64. The number of methoxy groups -OCH3 is 2. The number of nitrogens with one attached hydrogen (secondary N) is 1. The number of hydrogen-bond acceptors (Lipinski definition) is 5. The van der Waals surface area contributed by atoms with Crippen LogP contribution in [0.5, 0.6) is 17.4 Å². The molecule has 1 aromatic heterocycles. The second-order valence-electron chi connectivity index (χ2n) is 5.79. The van der Waals surface area contributed by atoms with Gasteiger partial charge in [-0.05, 0) is 44.2 Å². The molecule has 2 aromatic rings. The molecule has 1 aromatic carbocycles. The molecule has 6 nitrogen and oxygen atoms in total. The molecule has 0 radical (unpaired) electrons. The lowest BCUT2D eigenvalue weighted by atomic mass is 10.1. The molecule has 1 N–H and O–H groups in total. The number of rotatable bonds is 8. The van der Waals surface area contributed by atoms with Gasteiger partial charge in [-0.15, -0.1) is 0 Å². The minimum atomic E-state index is -0.228. The van der Waals surface area contributed by atoms with Crippen LogP contribution in [0, 0.1) is 0 Å². The summed E-state index contributed by atoms with van der Waals surface area (Å²) in [6, 6.07) is 9.08. The van der Waals surface area contributed by atoms with E-state index < -0.39 is 0 Å². The van der Waals surface area contributed by atoms with E-state index in [0.29, 0.717) is 23.9 Å². The van der Waals surface area contributed by atoms with E-state index in [-0.39, 0.29) is 12.0 Å². The van der Waals surface area contributed by atoms with Gasteiger partial charge in [-0.1, -0.05) is 6.07 Å². The van der Waals surface area contributed by atoms with E-state index in [0.717, 1.165) is 11.1 Å². The first-order chi connectivity index (χ1) is 12.5. The standard InChI is InChI=1S/C20H24N2O4/c1-14(2)26-20-16(6-5-11-21-20)13-22-19(23)10-7-15-12-17(24-3)8-9-18(15)25-4/h5-12,14H,13H2,1-4H3,(H,22,23). The van der Waals surface area contributed by atoms with Crippen molar-refractivity contribution in [2.45, 2.75) is 26.5 Å². The van der Waals surface area contributed by atoms with Crippen molar-refractivity contribution in [2.24, 2.45) is 0 Å². The summed E-state index contributed by atoms with van der Waals surface area (Å²) in [7, 11) is 3.17. The Morgan fingerprint density at radius 1 is 1.23 bits per heavy atom. The van der Waals surface area contributed by atoms with Crippen LogP contribution in [0.3, 0.4) is 0 Å². The maximum absolute atomic E-state index is 12.1. The first kappa shape index (κ1) is 19.3. The fourth-order valence-corrected chi connectivity index (χ4v) is 2.26. The van der Waals surface area contributed by atoms with Gasteiger partial charge in [0.1, 0.15) is 11.5 Å². The van der Waals surface area contributed by atoms with Crippen LogP contribution in [0.2, 0.25) is 0 Å². The number of carbonyl (C=O) groups excluding carboxylic acids is 1.